The number of hydrogen-bond acceptors (Lipinski definition) is 5. The van der Waals surface area contributed by atoms with Gasteiger partial charge in [-0.1, -0.05) is 6.07 Å². The van der Waals surface area contributed by atoms with Crippen molar-refractivity contribution in [1.82, 2.24) is 19.3 Å². The first kappa shape index (κ1) is 15.8. The Balaban J connectivity index is 1.99. The Morgan fingerprint density at radius 2 is 1.79 bits per heavy atom. The molecule has 2 heterocycles. The van der Waals surface area contributed by atoms with E-state index < -0.39 is 0 Å². The predicted octanol–water partition coefficient (Wildman–Crippen LogP) is 1.71. The lowest BCUT2D eigenvalue weighted by molar-refractivity contribution is 0.393. The molecule has 0 saturated carbocycles. The van der Waals surface area contributed by atoms with Gasteiger partial charge in [0.05, 0.1) is 20.8 Å². The van der Waals surface area contributed by atoms with E-state index in [2.05, 4.69) is 10.1 Å². The summed E-state index contributed by atoms with van der Waals surface area (Å²) in [5.74, 6) is 1.85. The first-order chi connectivity index (χ1) is 11.6. The van der Waals surface area contributed by atoms with Crippen LogP contribution in [0, 0.1) is 0 Å². The molecule has 2 aromatic heterocycles. The Morgan fingerprint density at radius 1 is 1.08 bits per heavy atom. The smallest absolute Gasteiger partial charge is 0.346 e. The van der Waals surface area contributed by atoms with Crippen LogP contribution < -0.4 is 15.2 Å². The van der Waals surface area contributed by atoms with Gasteiger partial charge >= 0.3 is 5.69 Å². The molecule has 0 atom stereocenters. The molecule has 0 amide bonds. The molecule has 0 saturated heterocycles. The fourth-order valence-electron chi connectivity index (χ4n) is 2.44. The molecule has 0 bridgehead atoms. The lowest BCUT2D eigenvalue weighted by Gasteiger charge is -2.08. The molecule has 0 fully saturated rings. The molecule has 0 radical (unpaired) electrons. The molecule has 0 aliphatic rings. The third-order valence-corrected chi connectivity index (χ3v) is 3.68. The second kappa shape index (κ2) is 6.57. The molecule has 7 nitrogen and oxygen atoms in total. The van der Waals surface area contributed by atoms with Crippen molar-refractivity contribution in [3.05, 3.63) is 58.6 Å². The van der Waals surface area contributed by atoms with Gasteiger partial charge in [0.1, 0.15) is 17.2 Å². The second-order valence-corrected chi connectivity index (χ2v) is 5.26. The minimum absolute atomic E-state index is 0.211. The zero-order valence-electron chi connectivity index (χ0n) is 13.8. The summed E-state index contributed by atoms with van der Waals surface area (Å²) >= 11 is 0. The zero-order valence-corrected chi connectivity index (χ0v) is 13.8. The highest BCUT2D eigenvalue weighted by atomic mass is 16.5. The van der Waals surface area contributed by atoms with Crippen molar-refractivity contribution in [1.29, 1.82) is 0 Å². The van der Waals surface area contributed by atoms with Gasteiger partial charge in [0, 0.05) is 19.3 Å². The van der Waals surface area contributed by atoms with E-state index >= 15 is 0 Å². The molecule has 124 valence electrons. The summed E-state index contributed by atoms with van der Waals surface area (Å²) in [5.41, 5.74) is 1.30. The molecule has 0 N–H and O–H groups in total. The summed E-state index contributed by atoms with van der Waals surface area (Å²) in [4.78, 5) is 16.7. The molecule has 3 aromatic rings. The monoisotopic (exact) mass is 326 g/mol. The molecule has 3 rings (SSSR count). The highest BCUT2D eigenvalue weighted by Crippen LogP contribution is 2.23. The Hall–Kier alpha value is -3.09. The lowest BCUT2D eigenvalue weighted by atomic mass is 10.2. The SMILES string of the molecule is COc1cc(Cn2nc(-c3ccccn3)n(C)c2=O)cc(OC)c1. The normalized spacial score (nSPS) is 10.6. The standard InChI is InChI=1S/C17H18N4O3/c1-20-16(15-6-4-5-7-18-15)19-21(17(20)22)11-12-8-13(23-2)10-14(9-12)24-3/h4-10H,11H2,1-3H3. The number of benzene rings is 1. The first-order valence-electron chi connectivity index (χ1n) is 7.39. The van der Waals surface area contributed by atoms with Gasteiger partial charge in [0.25, 0.3) is 0 Å². The molecule has 7 heteroatoms. The van der Waals surface area contributed by atoms with Crippen molar-refractivity contribution in [2.45, 2.75) is 6.54 Å². The Kier molecular flexibility index (Phi) is 4.33. The number of rotatable bonds is 5. The number of hydrogen-bond donors (Lipinski definition) is 0. The highest BCUT2D eigenvalue weighted by molar-refractivity contribution is 5.48. The maximum absolute atomic E-state index is 12.4. The summed E-state index contributed by atoms with van der Waals surface area (Å²) in [7, 11) is 4.86. The summed E-state index contributed by atoms with van der Waals surface area (Å²) in [6.07, 6.45) is 1.67. The van der Waals surface area contributed by atoms with Gasteiger partial charge < -0.3 is 9.47 Å². The van der Waals surface area contributed by atoms with Gasteiger partial charge in [-0.15, -0.1) is 5.10 Å². The minimum Gasteiger partial charge on any atom is -0.497 e. The Labute approximate surface area is 139 Å². The van der Waals surface area contributed by atoms with Gasteiger partial charge in [0.2, 0.25) is 0 Å². The second-order valence-electron chi connectivity index (χ2n) is 5.26. The van der Waals surface area contributed by atoms with E-state index in [-0.39, 0.29) is 5.69 Å². The highest BCUT2D eigenvalue weighted by Gasteiger charge is 2.14. The molecule has 1 aromatic carbocycles. The predicted molar refractivity (Wildman–Crippen MR) is 89.3 cm³/mol. The van der Waals surface area contributed by atoms with Crippen LogP contribution in [0.15, 0.2) is 47.4 Å². The van der Waals surface area contributed by atoms with Crippen molar-refractivity contribution in [2.24, 2.45) is 7.05 Å². The van der Waals surface area contributed by atoms with E-state index in [9.17, 15) is 4.79 Å². The van der Waals surface area contributed by atoms with Crippen molar-refractivity contribution in [3.63, 3.8) is 0 Å². The number of pyridine rings is 1. The molecule has 24 heavy (non-hydrogen) atoms. The quantitative estimate of drug-likeness (QED) is 0.714. The molecular formula is C17H18N4O3. The summed E-state index contributed by atoms with van der Waals surface area (Å²) < 4.78 is 13.4. The zero-order chi connectivity index (χ0) is 17.1. The van der Waals surface area contributed by atoms with Crippen LogP contribution in [-0.2, 0) is 13.6 Å². The van der Waals surface area contributed by atoms with Crippen LogP contribution in [0.5, 0.6) is 11.5 Å². The van der Waals surface area contributed by atoms with Crippen molar-refractivity contribution in [2.75, 3.05) is 14.2 Å². The number of nitrogens with zero attached hydrogens (tertiary/aromatic N) is 4. The average molecular weight is 326 g/mol. The maximum Gasteiger partial charge on any atom is 0.346 e. The molecule has 0 aliphatic carbocycles. The van der Waals surface area contributed by atoms with Crippen LogP contribution in [0.4, 0.5) is 0 Å². The van der Waals surface area contributed by atoms with Crippen LogP contribution in [-0.4, -0.2) is 33.6 Å². The fourth-order valence-corrected chi connectivity index (χ4v) is 2.44. The lowest BCUT2D eigenvalue weighted by Crippen LogP contribution is -2.23. The summed E-state index contributed by atoms with van der Waals surface area (Å²) in [5, 5.41) is 4.41. The van der Waals surface area contributed by atoms with Gasteiger partial charge in [0.15, 0.2) is 5.82 Å². The van der Waals surface area contributed by atoms with Crippen LogP contribution in [0.2, 0.25) is 0 Å². The maximum atomic E-state index is 12.4. The van der Waals surface area contributed by atoms with E-state index in [0.717, 1.165) is 5.56 Å². The van der Waals surface area contributed by atoms with Crippen LogP contribution in [0.1, 0.15) is 5.56 Å². The Bertz CT molecular complexity index is 878. The number of aromatic nitrogens is 4. The van der Waals surface area contributed by atoms with E-state index in [0.29, 0.717) is 29.6 Å². The first-order valence-corrected chi connectivity index (χ1v) is 7.39. The average Bonchev–Trinajstić information content (AvgIpc) is 2.90. The molecular weight excluding hydrogens is 308 g/mol. The summed E-state index contributed by atoms with van der Waals surface area (Å²) in [6, 6.07) is 11.0. The van der Waals surface area contributed by atoms with Gasteiger partial charge in [-0.2, -0.15) is 0 Å². The minimum atomic E-state index is -0.211. The number of ether oxygens (including phenoxy) is 2. The van der Waals surface area contributed by atoms with E-state index in [1.807, 2.05) is 30.3 Å². The Morgan fingerprint density at radius 3 is 2.38 bits per heavy atom. The van der Waals surface area contributed by atoms with Gasteiger partial charge in [-0.3, -0.25) is 9.55 Å². The fraction of sp³-hybridized carbons (Fsp3) is 0.235. The van der Waals surface area contributed by atoms with Crippen LogP contribution in [0.25, 0.3) is 11.5 Å². The third-order valence-electron chi connectivity index (χ3n) is 3.68. The van der Waals surface area contributed by atoms with Crippen molar-refractivity contribution < 1.29 is 9.47 Å². The van der Waals surface area contributed by atoms with Gasteiger partial charge in [-0.25, -0.2) is 9.48 Å². The molecule has 0 spiro atoms. The van der Waals surface area contributed by atoms with Crippen molar-refractivity contribution >= 4 is 0 Å². The van der Waals surface area contributed by atoms with E-state index in [4.69, 9.17) is 9.47 Å². The van der Waals surface area contributed by atoms with Crippen molar-refractivity contribution in [3.8, 4) is 23.0 Å². The van der Waals surface area contributed by atoms with E-state index in [1.54, 1.807) is 33.5 Å². The van der Waals surface area contributed by atoms with Crippen LogP contribution >= 0.6 is 0 Å². The molecule has 0 unspecified atom stereocenters. The third kappa shape index (κ3) is 3.01. The molecule has 0 aliphatic heterocycles. The largest absolute Gasteiger partial charge is 0.497 e. The number of methoxy groups -OCH3 is 2. The summed E-state index contributed by atoms with van der Waals surface area (Å²) in [6.45, 7) is 0.313. The topological polar surface area (TPSA) is 71.2 Å². The van der Waals surface area contributed by atoms with E-state index in [1.165, 1.54) is 9.25 Å². The van der Waals surface area contributed by atoms with Crippen LogP contribution in [0.3, 0.4) is 0 Å². The van der Waals surface area contributed by atoms with Gasteiger partial charge in [-0.05, 0) is 29.8 Å².